The van der Waals surface area contributed by atoms with Crippen LogP contribution in [0.5, 0.6) is 0 Å². The van der Waals surface area contributed by atoms with E-state index in [1.54, 1.807) is 40.1 Å². The third-order valence-electron chi connectivity index (χ3n) is 7.98. The highest BCUT2D eigenvalue weighted by Crippen LogP contribution is 2.48. The average Bonchev–Trinajstić information content (AvgIpc) is 3.66. The van der Waals surface area contributed by atoms with Crippen LogP contribution in [0.3, 0.4) is 0 Å². The Hall–Kier alpha value is -4.07. The van der Waals surface area contributed by atoms with Crippen LogP contribution >= 0.6 is 0 Å². The minimum atomic E-state index is -3.71. The summed E-state index contributed by atoms with van der Waals surface area (Å²) < 4.78 is 31.8. The van der Waals surface area contributed by atoms with Gasteiger partial charge in [0.2, 0.25) is 5.91 Å². The second-order valence-electron chi connectivity index (χ2n) is 12.9. The summed E-state index contributed by atoms with van der Waals surface area (Å²) in [7, 11) is -2.15. The number of hydrogen-bond donors (Lipinski definition) is 4. The number of pyridine rings is 1. The molecule has 2 aliphatic carbocycles. The number of nitrogens with one attached hydrogen (secondary N) is 3. The van der Waals surface area contributed by atoms with Gasteiger partial charge in [0.05, 0.1) is 28.6 Å². The Balaban J connectivity index is 1.53. The van der Waals surface area contributed by atoms with Gasteiger partial charge in [-0.25, -0.2) is 18.0 Å². The number of aromatic nitrogens is 1. The van der Waals surface area contributed by atoms with Crippen molar-refractivity contribution in [3.8, 4) is 0 Å². The van der Waals surface area contributed by atoms with Crippen LogP contribution < -0.4 is 21.5 Å². The number of aliphatic carboxylic acids is 1. The number of sulfone groups is 1. The molecule has 0 bridgehead atoms. The molecule has 14 heteroatoms. The third-order valence-corrected chi connectivity index (χ3v) is 8.79. The van der Waals surface area contributed by atoms with Gasteiger partial charge in [-0.2, -0.15) is 0 Å². The molecular formula is C30H39N5O8S. The Morgan fingerprint density at radius 2 is 1.84 bits per heavy atom. The number of carboxylic acid groups (broad SMARTS) is 1. The number of rotatable bonds is 9. The number of nitrogens with zero attached hydrogens (tertiary/aromatic N) is 2. The first kappa shape index (κ1) is 31.4. The Morgan fingerprint density at radius 3 is 2.45 bits per heavy atom. The summed E-state index contributed by atoms with van der Waals surface area (Å²) in [5.74, 6) is -1.80. The molecule has 1 fully saturated rings. The predicted octanol–water partition coefficient (Wildman–Crippen LogP) is 0.974. The van der Waals surface area contributed by atoms with Gasteiger partial charge in [0.1, 0.15) is 11.6 Å². The topological polar surface area (TPSA) is 176 Å². The van der Waals surface area contributed by atoms with Crippen LogP contribution in [0.1, 0.15) is 51.2 Å². The van der Waals surface area contributed by atoms with Crippen LogP contribution in [0, 0.1) is 5.92 Å². The molecule has 0 aromatic carbocycles. The molecule has 5 rings (SSSR count). The molecule has 0 saturated heterocycles. The fourth-order valence-electron chi connectivity index (χ4n) is 5.98. The maximum absolute atomic E-state index is 13.7. The van der Waals surface area contributed by atoms with Crippen molar-refractivity contribution in [2.75, 3.05) is 31.6 Å². The molecule has 4 aliphatic rings. The third kappa shape index (κ3) is 6.54. The number of carbonyl (C=O) groups excluding carboxylic acids is 2. The fourth-order valence-corrected chi connectivity index (χ4v) is 6.80. The summed E-state index contributed by atoms with van der Waals surface area (Å²) in [6.07, 6.45) is 6.02. The highest BCUT2D eigenvalue weighted by molar-refractivity contribution is 7.91. The zero-order valence-electron chi connectivity index (χ0n) is 25.5. The molecule has 2 atom stereocenters. The van der Waals surface area contributed by atoms with Gasteiger partial charge in [-0.3, -0.25) is 9.59 Å². The summed E-state index contributed by atoms with van der Waals surface area (Å²) >= 11 is 0. The number of alkyl carbamates (subject to hydrolysis) is 1. The molecule has 0 spiro atoms. The van der Waals surface area contributed by atoms with Crippen molar-refractivity contribution >= 4 is 39.1 Å². The van der Waals surface area contributed by atoms with Gasteiger partial charge >= 0.3 is 12.1 Å². The second-order valence-corrected chi connectivity index (χ2v) is 15.0. The lowest BCUT2D eigenvalue weighted by Gasteiger charge is -2.36. The van der Waals surface area contributed by atoms with E-state index in [0.29, 0.717) is 29.3 Å². The minimum Gasteiger partial charge on any atom is -0.478 e. The number of carbonyl (C=O) groups is 3. The number of aryl methyl sites for hydroxylation is 1. The Bertz CT molecular complexity index is 1680. The van der Waals surface area contributed by atoms with Crippen LogP contribution in [0.2, 0.25) is 0 Å². The standard InChI is InChI=1S/C30H39N5O8S/c1-30(2,3)43-29(40)32-10-9-31-26(36)20-12-21-23-18(14-35(21)13-16-6-7-16)22(28(38)39)19(15-44(5,41)42)17-8-11-34(4)27(37)24(17)25(23)33-20/h8,11,14,16,20-21,33H,6-7,9-10,12-13,15H2,1-5H3,(H,31,36)(H,32,40)(H,38,39). The van der Waals surface area contributed by atoms with Crippen molar-refractivity contribution in [1.82, 2.24) is 25.4 Å². The Morgan fingerprint density at radius 1 is 1.16 bits per heavy atom. The first-order chi connectivity index (χ1) is 20.5. The molecule has 2 aliphatic heterocycles. The molecule has 2 unspecified atom stereocenters. The zero-order valence-corrected chi connectivity index (χ0v) is 26.3. The van der Waals surface area contributed by atoms with Crippen molar-refractivity contribution in [2.24, 2.45) is 13.0 Å². The van der Waals surface area contributed by atoms with Crippen molar-refractivity contribution < 1.29 is 32.6 Å². The van der Waals surface area contributed by atoms with Gasteiger partial charge in [0.25, 0.3) is 5.56 Å². The first-order valence-corrected chi connectivity index (χ1v) is 16.7. The minimum absolute atomic E-state index is 0.0383. The maximum Gasteiger partial charge on any atom is 0.407 e. The molecule has 13 nitrogen and oxygen atoms in total. The van der Waals surface area contributed by atoms with E-state index in [-0.39, 0.29) is 47.7 Å². The summed E-state index contributed by atoms with van der Waals surface area (Å²) in [6.45, 7) is 6.16. The highest BCUT2D eigenvalue weighted by Gasteiger charge is 2.46. The summed E-state index contributed by atoms with van der Waals surface area (Å²) in [4.78, 5) is 54.1. The summed E-state index contributed by atoms with van der Waals surface area (Å²) in [6, 6.07) is 0.347. The molecule has 3 heterocycles. The molecule has 0 radical (unpaired) electrons. The van der Waals surface area contributed by atoms with E-state index in [4.69, 9.17) is 4.74 Å². The predicted molar refractivity (Wildman–Crippen MR) is 163 cm³/mol. The Labute approximate surface area is 255 Å². The van der Waals surface area contributed by atoms with Crippen molar-refractivity contribution in [1.29, 1.82) is 0 Å². The molecule has 1 saturated carbocycles. The Kier molecular flexibility index (Phi) is 8.16. The van der Waals surface area contributed by atoms with E-state index >= 15 is 0 Å². The molecule has 238 valence electrons. The maximum atomic E-state index is 13.7. The summed E-state index contributed by atoms with van der Waals surface area (Å²) in [5.41, 5.74) is 0.369. The number of hydrogen-bond acceptors (Lipinski definition) is 9. The second kappa shape index (κ2) is 11.5. The van der Waals surface area contributed by atoms with E-state index in [1.165, 1.54) is 10.8 Å². The lowest BCUT2D eigenvalue weighted by molar-refractivity contribution is -0.132. The van der Waals surface area contributed by atoms with Crippen molar-refractivity contribution in [3.05, 3.63) is 56.7 Å². The number of ether oxygens (including phenoxy) is 1. The first-order valence-electron chi connectivity index (χ1n) is 14.6. The van der Waals surface area contributed by atoms with Gasteiger partial charge in [-0.05, 0) is 56.7 Å². The number of amides is 2. The van der Waals surface area contributed by atoms with E-state index < -0.39 is 50.9 Å². The monoisotopic (exact) mass is 629 g/mol. The van der Waals surface area contributed by atoms with Gasteiger partial charge in [0.15, 0.2) is 9.84 Å². The smallest absolute Gasteiger partial charge is 0.407 e. The lowest BCUT2D eigenvalue weighted by atomic mass is 9.86. The number of carboxylic acids is 1. The van der Waals surface area contributed by atoms with Crippen LogP contribution in [0.4, 0.5) is 4.79 Å². The molecule has 2 amide bonds. The lowest BCUT2D eigenvalue weighted by Crippen LogP contribution is -2.52. The van der Waals surface area contributed by atoms with Crippen LogP contribution in [-0.2, 0) is 31.2 Å². The van der Waals surface area contributed by atoms with Gasteiger partial charge in [0, 0.05) is 62.9 Å². The number of fused-ring (bicyclic) bond motifs is 2. The zero-order chi connectivity index (χ0) is 32.1. The van der Waals surface area contributed by atoms with Crippen LogP contribution in [0.15, 0.2) is 40.0 Å². The van der Waals surface area contributed by atoms with Gasteiger partial charge in [-0.15, -0.1) is 0 Å². The van der Waals surface area contributed by atoms with E-state index in [1.807, 2.05) is 4.90 Å². The normalized spacial score (nSPS) is 21.1. The molecular weight excluding hydrogens is 590 g/mol. The van der Waals surface area contributed by atoms with Crippen LogP contribution in [-0.4, -0.2) is 90.3 Å². The quantitative estimate of drug-likeness (QED) is 0.288. The molecule has 1 aromatic rings. The molecule has 1 aromatic heterocycles. The highest BCUT2D eigenvalue weighted by atomic mass is 32.2. The van der Waals surface area contributed by atoms with E-state index in [9.17, 15) is 32.7 Å². The SMILES string of the molecule is Cn1ccc2c(c1=O)C1=C3C(=CN(CC4CC4)C3CC(C(=O)NCCNC(=O)OC(C)(C)C)N1)C(C(=O)O)=C2CS(C)(=O)=O. The van der Waals surface area contributed by atoms with Crippen molar-refractivity contribution in [3.63, 3.8) is 0 Å². The van der Waals surface area contributed by atoms with Crippen molar-refractivity contribution in [2.45, 2.75) is 57.7 Å². The fraction of sp³-hybridized carbons (Fsp3) is 0.533. The average molecular weight is 630 g/mol. The van der Waals surface area contributed by atoms with E-state index in [2.05, 4.69) is 16.0 Å². The largest absolute Gasteiger partial charge is 0.478 e. The summed E-state index contributed by atoms with van der Waals surface area (Å²) in [5, 5.41) is 19.2. The van der Waals surface area contributed by atoms with Gasteiger partial charge < -0.3 is 35.3 Å². The molecule has 44 heavy (non-hydrogen) atoms. The molecule has 4 N–H and O–H groups in total. The van der Waals surface area contributed by atoms with Crippen LogP contribution in [0.25, 0.3) is 11.3 Å². The van der Waals surface area contributed by atoms with E-state index in [0.717, 1.165) is 19.1 Å². The van der Waals surface area contributed by atoms with Gasteiger partial charge in [-0.1, -0.05) is 0 Å².